The standard InChI is InChI=1S/C27H31IN2O8/c1-35-11-8-25(32)30(15-17-6-7-22-23(12-17)37-16-36-22)20-13-18(27(34)29-9-10-31)14-24(26(20)33)38-21-5-3-2-4-19(21)28/h2-7,12,14,20,24,26,31,33H,8-11,13,15-16H2,1H3,(H,29,34)/t20-,24+,26+/m1/s1. The van der Waals surface area contributed by atoms with E-state index in [1.54, 1.807) is 29.2 Å². The molecule has 38 heavy (non-hydrogen) atoms. The number of ether oxygens (including phenoxy) is 4. The molecule has 0 saturated heterocycles. The topological polar surface area (TPSA) is 127 Å². The summed E-state index contributed by atoms with van der Waals surface area (Å²) in [6, 6.07) is 12.0. The number of para-hydroxylation sites is 1. The molecule has 2 aromatic carbocycles. The van der Waals surface area contributed by atoms with E-state index in [4.69, 9.17) is 18.9 Å². The van der Waals surface area contributed by atoms with Crippen molar-refractivity contribution in [1.82, 2.24) is 10.2 Å². The van der Waals surface area contributed by atoms with E-state index in [1.165, 1.54) is 7.11 Å². The van der Waals surface area contributed by atoms with Gasteiger partial charge in [-0.15, -0.1) is 0 Å². The first-order chi connectivity index (χ1) is 18.4. The molecule has 3 N–H and O–H groups in total. The molecule has 10 nitrogen and oxygen atoms in total. The fraction of sp³-hybridized carbons (Fsp3) is 0.407. The Kier molecular flexibility index (Phi) is 9.83. The molecule has 2 aliphatic rings. The molecule has 0 unspecified atom stereocenters. The van der Waals surface area contributed by atoms with Gasteiger partial charge in [0.15, 0.2) is 11.5 Å². The lowest BCUT2D eigenvalue weighted by Gasteiger charge is -2.40. The number of nitrogens with one attached hydrogen (secondary N) is 1. The van der Waals surface area contributed by atoms with Crippen LogP contribution in [0.3, 0.4) is 0 Å². The number of hydrogen-bond acceptors (Lipinski definition) is 8. The van der Waals surface area contributed by atoms with Crippen molar-refractivity contribution in [2.45, 2.75) is 37.6 Å². The normalized spacial score (nSPS) is 20.0. The summed E-state index contributed by atoms with van der Waals surface area (Å²) >= 11 is 2.14. The second-order valence-electron chi connectivity index (χ2n) is 8.90. The Morgan fingerprint density at radius 1 is 1.18 bits per heavy atom. The van der Waals surface area contributed by atoms with Gasteiger partial charge in [-0.1, -0.05) is 18.2 Å². The number of hydrogen-bond donors (Lipinski definition) is 3. The molecule has 4 rings (SSSR count). The van der Waals surface area contributed by atoms with Crippen molar-refractivity contribution in [3.63, 3.8) is 0 Å². The second-order valence-corrected chi connectivity index (χ2v) is 10.1. The summed E-state index contributed by atoms with van der Waals surface area (Å²) in [5, 5.41) is 23.4. The number of aliphatic hydroxyl groups is 2. The van der Waals surface area contributed by atoms with Crippen molar-refractivity contribution in [2.24, 2.45) is 0 Å². The molecule has 0 fully saturated rings. The first-order valence-corrected chi connectivity index (χ1v) is 13.3. The Bertz CT molecular complexity index is 1170. The number of carbonyl (C=O) groups excluding carboxylic acids is 2. The van der Waals surface area contributed by atoms with Gasteiger partial charge in [0.25, 0.3) is 0 Å². The average Bonchev–Trinajstić information content (AvgIpc) is 3.39. The third-order valence-corrected chi connectivity index (χ3v) is 7.24. The molecule has 204 valence electrons. The van der Waals surface area contributed by atoms with E-state index in [0.717, 1.165) is 9.13 Å². The van der Waals surface area contributed by atoms with E-state index in [-0.39, 0.29) is 57.8 Å². The van der Waals surface area contributed by atoms with Crippen molar-refractivity contribution < 1.29 is 38.7 Å². The van der Waals surface area contributed by atoms with Crippen molar-refractivity contribution in [3.8, 4) is 17.2 Å². The monoisotopic (exact) mass is 638 g/mol. The van der Waals surface area contributed by atoms with E-state index >= 15 is 0 Å². The number of carbonyl (C=O) groups is 2. The van der Waals surface area contributed by atoms with E-state index in [9.17, 15) is 19.8 Å². The maximum absolute atomic E-state index is 13.4. The van der Waals surface area contributed by atoms with Crippen LogP contribution in [0.4, 0.5) is 0 Å². The van der Waals surface area contributed by atoms with Crippen molar-refractivity contribution in [3.05, 3.63) is 63.2 Å². The Hall–Kier alpha value is -2.87. The lowest BCUT2D eigenvalue weighted by atomic mass is 9.87. The van der Waals surface area contributed by atoms with Gasteiger partial charge in [-0.25, -0.2) is 0 Å². The van der Waals surface area contributed by atoms with Gasteiger partial charge in [0.05, 0.1) is 29.2 Å². The predicted octanol–water partition coefficient (Wildman–Crippen LogP) is 2.00. The molecule has 1 heterocycles. The van der Waals surface area contributed by atoms with Crippen LogP contribution >= 0.6 is 22.6 Å². The van der Waals surface area contributed by atoms with Gasteiger partial charge in [0.2, 0.25) is 18.6 Å². The van der Waals surface area contributed by atoms with Crippen LogP contribution in [0.5, 0.6) is 17.2 Å². The summed E-state index contributed by atoms with van der Waals surface area (Å²) < 4.78 is 23.0. The molecule has 0 saturated carbocycles. The summed E-state index contributed by atoms with van der Waals surface area (Å²) in [5.74, 6) is 1.13. The van der Waals surface area contributed by atoms with Crippen LogP contribution in [0.15, 0.2) is 54.1 Å². The highest BCUT2D eigenvalue weighted by Crippen LogP contribution is 2.34. The number of fused-ring (bicyclic) bond motifs is 1. The zero-order valence-electron chi connectivity index (χ0n) is 21.0. The molecule has 0 bridgehead atoms. The van der Waals surface area contributed by atoms with Gasteiger partial charge in [-0.05, 0) is 58.5 Å². The number of benzene rings is 2. The lowest BCUT2D eigenvalue weighted by Crippen LogP contribution is -2.55. The summed E-state index contributed by atoms with van der Waals surface area (Å²) in [6.07, 6.45) is -0.222. The zero-order chi connectivity index (χ0) is 27.1. The molecule has 3 atom stereocenters. The average molecular weight is 638 g/mol. The first-order valence-electron chi connectivity index (χ1n) is 12.3. The number of amides is 2. The summed E-state index contributed by atoms with van der Waals surface area (Å²) in [6.45, 7) is 0.381. The molecule has 1 aliphatic carbocycles. The molecule has 11 heteroatoms. The quantitative estimate of drug-likeness (QED) is 0.320. The van der Waals surface area contributed by atoms with Gasteiger partial charge in [-0.3, -0.25) is 9.59 Å². The zero-order valence-corrected chi connectivity index (χ0v) is 23.1. The highest BCUT2D eigenvalue weighted by Gasteiger charge is 2.40. The number of aliphatic hydroxyl groups excluding tert-OH is 2. The molecule has 2 aromatic rings. The third-order valence-electron chi connectivity index (χ3n) is 6.34. The highest BCUT2D eigenvalue weighted by molar-refractivity contribution is 14.1. The maximum atomic E-state index is 13.4. The molecular formula is C27H31IN2O8. The van der Waals surface area contributed by atoms with Crippen LogP contribution in [0.2, 0.25) is 0 Å². The van der Waals surface area contributed by atoms with E-state index < -0.39 is 18.2 Å². The Morgan fingerprint density at radius 2 is 1.97 bits per heavy atom. The minimum atomic E-state index is -1.12. The van der Waals surface area contributed by atoms with Crippen LogP contribution in [0.25, 0.3) is 0 Å². The van der Waals surface area contributed by atoms with Crippen LogP contribution in [-0.4, -0.2) is 78.8 Å². The van der Waals surface area contributed by atoms with Crippen LogP contribution < -0.4 is 19.5 Å². The van der Waals surface area contributed by atoms with Crippen LogP contribution in [0.1, 0.15) is 18.4 Å². The highest BCUT2D eigenvalue weighted by atomic mass is 127. The lowest BCUT2D eigenvalue weighted by molar-refractivity contribution is -0.140. The minimum Gasteiger partial charge on any atom is -0.482 e. The largest absolute Gasteiger partial charge is 0.482 e. The molecule has 0 radical (unpaired) electrons. The Balaban J connectivity index is 1.66. The molecular weight excluding hydrogens is 607 g/mol. The third kappa shape index (κ3) is 6.76. The van der Waals surface area contributed by atoms with E-state index in [0.29, 0.717) is 22.8 Å². The van der Waals surface area contributed by atoms with Gasteiger partial charge in [-0.2, -0.15) is 0 Å². The molecule has 0 spiro atoms. The molecule has 1 aliphatic heterocycles. The van der Waals surface area contributed by atoms with Crippen LogP contribution in [0, 0.1) is 3.57 Å². The summed E-state index contributed by atoms with van der Waals surface area (Å²) in [5.41, 5.74) is 1.14. The first kappa shape index (κ1) is 28.1. The smallest absolute Gasteiger partial charge is 0.247 e. The molecule has 2 amide bonds. The molecule has 0 aromatic heterocycles. The fourth-order valence-corrected chi connectivity index (χ4v) is 4.94. The predicted molar refractivity (Wildman–Crippen MR) is 146 cm³/mol. The number of halogens is 1. The van der Waals surface area contributed by atoms with E-state index in [1.807, 2.05) is 24.3 Å². The number of nitrogens with zero attached hydrogens (tertiary/aromatic N) is 1. The minimum absolute atomic E-state index is 0.0825. The number of rotatable bonds is 11. The number of methoxy groups -OCH3 is 1. The van der Waals surface area contributed by atoms with Gasteiger partial charge >= 0.3 is 0 Å². The van der Waals surface area contributed by atoms with Crippen molar-refractivity contribution in [2.75, 3.05) is 33.7 Å². The van der Waals surface area contributed by atoms with E-state index in [2.05, 4.69) is 27.9 Å². The van der Waals surface area contributed by atoms with Crippen LogP contribution in [-0.2, 0) is 20.9 Å². The van der Waals surface area contributed by atoms with Crippen molar-refractivity contribution in [1.29, 1.82) is 0 Å². The maximum Gasteiger partial charge on any atom is 0.247 e. The Morgan fingerprint density at radius 3 is 2.74 bits per heavy atom. The van der Waals surface area contributed by atoms with Crippen molar-refractivity contribution >= 4 is 34.4 Å². The van der Waals surface area contributed by atoms with Gasteiger partial charge in [0, 0.05) is 32.2 Å². The second kappa shape index (κ2) is 13.3. The van der Waals surface area contributed by atoms with Gasteiger partial charge < -0.3 is 39.4 Å². The summed E-state index contributed by atoms with van der Waals surface area (Å²) in [7, 11) is 1.52. The Labute approximate surface area is 234 Å². The SMILES string of the molecule is COCCC(=O)N(Cc1ccc2c(c1)OCO2)[C@@H]1CC(C(=O)NCCO)=C[C@H](Oc2ccccc2I)[C@H]1O. The summed E-state index contributed by atoms with van der Waals surface area (Å²) in [4.78, 5) is 27.9. The fourth-order valence-electron chi connectivity index (χ4n) is 4.43. The van der Waals surface area contributed by atoms with Gasteiger partial charge in [0.1, 0.15) is 18.0 Å².